The summed E-state index contributed by atoms with van der Waals surface area (Å²) in [5.74, 6) is 1.82. The Bertz CT molecular complexity index is 577. The molecule has 168 valence electrons. The average Bonchev–Trinajstić information content (AvgIpc) is 3.04. The lowest BCUT2D eigenvalue weighted by Crippen LogP contribution is -2.54. The van der Waals surface area contributed by atoms with E-state index in [9.17, 15) is 15.0 Å². The van der Waals surface area contributed by atoms with Gasteiger partial charge in [-0.1, -0.05) is 27.7 Å². The van der Waals surface area contributed by atoms with Gasteiger partial charge in [-0.25, -0.2) is 0 Å². The van der Waals surface area contributed by atoms with Gasteiger partial charge in [-0.05, 0) is 105 Å². The lowest BCUT2D eigenvalue weighted by molar-refractivity contribution is -0.138. The van der Waals surface area contributed by atoms with Crippen molar-refractivity contribution in [1.82, 2.24) is 0 Å². The minimum absolute atomic E-state index is 0.193. The second-order valence-electron chi connectivity index (χ2n) is 11.3. The summed E-state index contributed by atoms with van der Waals surface area (Å²) < 4.78 is 0. The first-order valence-electron chi connectivity index (χ1n) is 12.2. The van der Waals surface area contributed by atoms with Crippen molar-refractivity contribution in [3.05, 3.63) is 0 Å². The molecule has 3 aliphatic rings. The number of aliphatic hydroxyl groups is 2. The van der Waals surface area contributed by atoms with E-state index >= 15 is 0 Å². The molecule has 3 N–H and O–H groups in total. The topological polar surface area (TPSA) is 77.8 Å². The van der Waals surface area contributed by atoms with E-state index in [0.29, 0.717) is 29.6 Å². The van der Waals surface area contributed by atoms with E-state index in [4.69, 9.17) is 5.11 Å². The molecule has 0 bridgehead atoms. The van der Waals surface area contributed by atoms with Gasteiger partial charge in [-0.15, -0.1) is 0 Å². The number of fused-ring (bicyclic) bond motifs is 3. The molecule has 3 saturated carbocycles. The summed E-state index contributed by atoms with van der Waals surface area (Å²) in [6.45, 7) is 9.17. The van der Waals surface area contributed by atoms with Crippen LogP contribution in [0.2, 0.25) is 0 Å². The van der Waals surface area contributed by atoms with Crippen molar-refractivity contribution < 1.29 is 20.1 Å². The van der Waals surface area contributed by atoms with E-state index in [1.807, 2.05) is 0 Å². The number of aliphatic hydroxyl groups excluding tert-OH is 2. The van der Waals surface area contributed by atoms with Crippen LogP contribution in [-0.4, -0.2) is 33.5 Å². The minimum Gasteiger partial charge on any atom is -0.481 e. The second-order valence-corrected chi connectivity index (χ2v) is 11.3. The lowest BCUT2D eigenvalue weighted by Gasteiger charge is -2.58. The highest BCUT2D eigenvalue weighted by molar-refractivity contribution is 5.66. The SMILES string of the molecule is CC[C@H](O)CC[C@@]1(C)CC[C@@H](O)C2C1CC[C@@]1(C)C2CC[C@@H]1[C@H](C)CCC(=O)O. The summed E-state index contributed by atoms with van der Waals surface area (Å²) in [6, 6.07) is 0. The van der Waals surface area contributed by atoms with Gasteiger partial charge in [-0.2, -0.15) is 0 Å². The third kappa shape index (κ3) is 4.39. The van der Waals surface area contributed by atoms with Crippen molar-refractivity contribution in [3.8, 4) is 0 Å². The molecule has 0 radical (unpaired) electrons. The van der Waals surface area contributed by atoms with E-state index in [-0.39, 0.29) is 29.5 Å². The van der Waals surface area contributed by atoms with Crippen LogP contribution in [0.3, 0.4) is 0 Å². The minimum atomic E-state index is -0.687. The fraction of sp³-hybridized carbons (Fsp3) is 0.960. The Morgan fingerprint density at radius 2 is 1.79 bits per heavy atom. The van der Waals surface area contributed by atoms with Crippen molar-refractivity contribution in [2.24, 2.45) is 40.4 Å². The fourth-order valence-electron chi connectivity index (χ4n) is 7.94. The number of hydrogen-bond donors (Lipinski definition) is 3. The summed E-state index contributed by atoms with van der Waals surface area (Å²) in [5.41, 5.74) is 0.468. The van der Waals surface area contributed by atoms with Crippen LogP contribution in [-0.2, 0) is 4.79 Å². The Morgan fingerprint density at radius 3 is 2.45 bits per heavy atom. The van der Waals surface area contributed by atoms with Gasteiger partial charge >= 0.3 is 5.97 Å². The standard InChI is InChI=1S/C25H44O4/c1-5-17(26)10-13-24(3)14-12-21(27)23-19(24)11-15-25(4)18(7-8-20(23)25)16(2)6-9-22(28)29/h16-21,23,26-27H,5-15H2,1-4H3,(H,28,29)/t16-,17+,18-,19?,20?,21-,23?,24+,25-/m1/s1. The number of carboxylic acids is 1. The Labute approximate surface area is 177 Å². The zero-order valence-electron chi connectivity index (χ0n) is 19.1. The van der Waals surface area contributed by atoms with Crippen LogP contribution in [0.5, 0.6) is 0 Å². The van der Waals surface area contributed by atoms with Crippen molar-refractivity contribution in [2.45, 2.75) is 111 Å². The summed E-state index contributed by atoms with van der Waals surface area (Å²) in [5, 5.41) is 30.3. The van der Waals surface area contributed by atoms with Crippen molar-refractivity contribution >= 4 is 5.97 Å². The first-order chi connectivity index (χ1) is 13.6. The third-order valence-corrected chi connectivity index (χ3v) is 9.78. The van der Waals surface area contributed by atoms with Crippen LogP contribution < -0.4 is 0 Å². The average molecular weight is 409 g/mol. The van der Waals surface area contributed by atoms with Crippen LogP contribution in [0.4, 0.5) is 0 Å². The molecule has 29 heavy (non-hydrogen) atoms. The Kier molecular flexibility index (Phi) is 7.05. The van der Waals surface area contributed by atoms with Crippen LogP contribution in [0.25, 0.3) is 0 Å². The molecule has 9 atom stereocenters. The maximum atomic E-state index is 11.1. The highest BCUT2D eigenvalue weighted by Crippen LogP contribution is 2.66. The zero-order chi connectivity index (χ0) is 21.4. The van der Waals surface area contributed by atoms with E-state index in [1.54, 1.807) is 0 Å². The van der Waals surface area contributed by atoms with Crippen molar-refractivity contribution in [1.29, 1.82) is 0 Å². The quantitative estimate of drug-likeness (QED) is 0.512. The summed E-state index contributed by atoms with van der Waals surface area (Å²) >= 11 is 0. The van der Waals surface area contributed by atoms with Gasteiger partial charge < -0.3 is 15.3 Å². The molecule has 0 amide bonds. The van der Waals surface area contributed by atoms with Gasteiger partial charge in [0.2, 0.25) is 0 Å². The molecule has 0 heterocycles. The molecule has 3 aliphatic carbocycles. The summed E-state index contributed by atoms with van der Waals surface area (Å²) in [7, 11) is 0. The van der Waals surface area contributed by atoms with E-state index < -0.39 is 5.97 Å². The summed E-state index contributed by atoms with van der Waals surface area (Å²) in [4.78, 5) is 11.1. The van der Waals surface area contributed by atoms with Gasteiger partial charge in [0.05, 0.1) is 12.2 Å². The Hall–Kier alpha value is -0.610. The molecule has 3 fully saturated rings. The van der Waals surface area contributed by atoms with Crippen LogP contribution in [0, 0.1) is 40.4 Å². The second kappa shape index (κ2) is 8.86. The zero-order valence-corrected chi connectivity index (χ0v) is 19.1. The molecule has 0 aromatic heterocycles. The third-order valence-electron chi connectivity index (χ3n) is 9.78. The first kappa shape index (κ1) is 23.1. The molecule has 0 aromatic carbocycles. The Balaban J connectivity index is 1.76. The molecule has 4 heteroatoms. The van der Waals surface area contributed by atoms with Gasteiger partial charge in [0, 0.05) is 6.42 Å². The normalized spacial score (nSPS) is 44.0. The maximum absolute atomic E-state index is 11.1. The maximum Gasteiger partial charge on any atom is 0.303 e. The van der Waals surface area contributed by atoms with Gasteiger partial charge in [0.15, 0.2) is 0 Å². The fourth-order valence-corrected chi connectivity index (χ4v) is 7.94. The van der Waals surface area contributed by atoms with Crippen LogP contribution in [0.1, 0.15) is 98.3 Å². The van der Waals surface area contributed by atoms with Gasteiger partial charge in [-0.3, -0.25) is 4.79 Å². The van der Waals surface area contributed by atoms with Gasteiger partial charge in [0.25, 0.3) is 0 Å². The number of rotatable bonds is 8. The monoisotopic (exact) mass is 408 g/mol. The molecule has 0 aliphatic heterocycles. The molecule has 0 saturated heterocycles. The number of hydrogen-bond acceptors (Lipinski definition) is 3. The first-order valence-corrected chi connectivity index (χ1v) is 12.2. The highest BCUT2D eigenvalue weighted by Gasteiger charge is 2.60. The molecule has 3 unspecified atom stereocenters. The van der Waals surface area contributed by atoms with Crippen LogP contribution >= 0.6 is 0 Å². The summed E-state index contributed by atoms with van der Waals surface area (Å²) in [6.07, 6.45) is 10.1. The van der Waals surface area contributed by atoms with Crippen LogP contribution in [0.15, 0.2) is 0 Å². The molecule has 3 rings (SSSR count). The highest BCUT2D eigenvalue weighted by atomic mass is 16.4. The molecular formula is C25H44O4. The Morgan fingerprint density at radius 1 is 1.07 bits per heavy atom. The number of carboxylic acid groups (broad SMARTS) is 1. The molecule has 4 nitrogen and oxygen atoms in total. The van der Waals surface area contributed by atoms with Gasteiger partial charge in [0.1, 0.15) is 0 Å². The predicted molar refractivity (Wildman–Crippen MR) is 115 cm³/mol. The largest absolute Gasteiger partial charge is 0.481 e. The molecular weight excluding hydrogens is 364 g/mol. The lowest BCUT2D eigenvalue weighted by atomic mass is 9.47. The number of carbonyl (C=O) groups is 1. The molecule has 0 spiro atoms. The van der Waals surface area contributed by atoms with Crippen molar-refractivity contribution in [3.63, 3.8) is 0 Å². The molecule has 0 aromatic rings. The van der Waals surface area contributed by atoms with E-state index in [1.165, 1.54) is 25.7 Å². The van der Waals surface area contributed by atoms with Crippen molar-refractivity contribution in [2.75, 3.05) is 0 Å². The van der Waals surface area contributed by atoms with E-state index in [0.717, 1.165) is 38.5 Å². The predicted octanol–water partition coefficient (Wildman–Crippen LogP) is 5.26. The number of aliphatic carboxylic acids is 1. The smallest absolute Gasteiger partial charge is 0.303 e. The van der Waals surface area contributed by atoms with E-state index in [2.05, 4.69) is 27.7 Å².